The fraction of sp³-hybridized carbons (Fsp3) is 0.333. The molecule has 0 spiro atoms. The Morgan fingerprint density at radius 3 is 2.74 bits per heavy atom. The van der Waals surface area contributed by atoms with E-state index in [1.807, 2.05) is 16.9 Å². The quantitative estimate of drug-likeness (QED) is 0.821. The standard InChI is InChI=1S/C15H14FN3/c16-14-6-11(8-17)5-12(7-14)13-9-18-19(10-13)15-3-1-2-4-15/h5-7,9-10,15H,1-4H2. The summed E-state index contributed by atoms with van der Waals surface area (Å²) >= 11 is 0. The number of benzene rings is 1. The third-order valence-electron chi connectivity index (χ3n) is 3.66. The Bertz CT molecular complexity index is 633. The van der Waals surface area contributed by atoms with Gasteiger partial charge in [0, 0.05) is 11.8 Å². The van der Waals surface area contributed by atoms with E-state index in [9.17, 15) is 4.39 Å². The van der Waals surface area contributed by atoms with Crippen LogP contribution in [0.3, 0.4) is 0 Å². The van der Waals surface area contributed by atoms with E-state index in [0.717, 1.165) is 18.4 Å². The summed E-state index contributed by atoms with van der Waals surface area (Å²) in [6, 6.07) is 6.82. The molecule has 1 fully saturated rings. The highest BCUT2D eigenvalue weighted by molar-refractivity contribution is 5.63. The number of hydrogen-bond donors (Lipinski definition) is 0. The van der Waals surface area contributed by atoms with Crippen molar-refractivity contribution in [3.63, 3.8) is 0 Å². The van der Waals surface area contributed by atoms with Crippen molar-refractivity contribution in [1.82, 2.24) is 9.78 Å². The molecule has 96 valence electrons. The van der Waals surface area contributed by atoms with Crippen LogP contribution < -0.4 is 0 Å². The number of nitrogens with zero attached hydrogens (tertiary/aromatic N) is 3. The lowest BCUT2D eigenvalue weighted by Crippen LogP contribution is -2.04. The lowest BCUT2D eigenvalue weighted by atomic mass is 10.1. The zero-order chi connectivity index (χ0) is 13.2. The molecule has 0 radical (unpaired) electrons. The summed E-state index contributed by atoms with van der Waals surface area (Å²) in [5.74, 6) is -0.386. The van der Waals surface area contributed by atoms with Gasteiger partial charge in [-0.25, -0.2) is 4.39 Å². The summed E-state index contributed by atoms with van der Waals surface area (Å²) in [5.41, 5.74) is 1.91. The molecule has 0 unspecified atom stereocenters. The smallest absolute Gasteiger partial charge is 0.125 e. The first-order chi connectivity index (χ1) is 9.26. The van der Waals surface area contributed by atoms with Crippen LogP contribution in [0.25, 0.3) is 11.1 Å². The van der Waals surface area contributed by atoms with Crippen LogP contribution in [-0.4, -0.2) is 9.78 Å². The molecule has 1 aliphatic rings. The Labute approximate surface area is 111 Å². The van der Waals surface area contributed by atoms with Crippen LogP contribution >= 0.6 is 0 Å². The first-order valence-electron chi connectivity index (χ1n) is 6.51. The molecule has 1 aromatic heterocycles. The molecule has 3 nitrogen and oxygen atoms in total. The van der Waals surface area contributed by atoms with E-state index in [2.05, 4.69) is 5.10 Å². The molecule has 0 saturated heterocycles. The molecule has 1 heterocycles. The molecule has 4 heteroatoms. The van der Waals surface area contributed by atoms with Crippen molar-refractivity contribution in [1.29, 1.82) is 5.26 Å². The highest BCUT2D eigenvalue weighted by Crippen LogP contribution is 2.30. The highest BCUT2D eigenvalue weighted by Gasteiger charge is 2.18. The second-order valence-corrected chi connectivity index (χ2v) is 4.99. The first kappa shape index (κ1) is 11.9. The van der Waals surface area contributed by atoms with Crippen molar-refractivity contribution in [3.05, 3.63) is 42.0 Å². The summed E-state index contributed by atoms with van der Waals surface area (Å²) in [6.07, 6.45) is 8.51. The maximum absolute atomic E-state index is 13.4. The topological polar surface area (TPSA) is 41.6 Å². The van der Waals surface area contributed by atoms with Crippen LogP contribution in [0, 0.1) is 17.1 Å². The van der Waals surface area contributed by atoms with Gasteiger partial charge in [-0.15, -0.1) is 0 Å². The van der Waals surface area contributed by atoms with Gasteiger partial charge in [0.25, 0.3) is 0 Å². The van der Waals surface area contributed by atoms with E-state index in [-0.39, 0.29) is 5.82 Å². The molecular formula is C15H14FN3. The minimum absolute atomic E-state index is 0.337. The first-order valence-corrected chi connectivity index (χ1v) is 6.51. The predicted molar refractivity (Wildman–Crippen MR) is 69.8 cm³/mol. The second-order valence-electron chi connectivity index (χ2n) is 4.99. The SMILES string of the molecule is N#Cc1cc(F)cc(-c2cnn(C3CCCC3)c2)c1. The van der Waals surface area contributed by atoms with Crippen LogP contribution in [0.2, 0.25) is 0 Å². The van der Waals surface area contributed by atoms with Crippen molar-refractivity contribution < 1.29 is 4.39 Å². The molecule has 3 rings (SSSR count). The minimum Gasteiger partial charge on any atom is -0.269 e. The molecule has 19 heavy (non-hydrogen) atoms. The molecule has 1 aromatic carbocycles. The molecule has 1 saturated carbocycles. The lowest BCUT2D eigenvalue weighted by Gasteiger charge is -2.08. The molecule has 1 aliphatic carbocycles. The molecule has 0 atom stereocenters. The molecular weight excluding hydrogens is 241 g/mol. The maximum Gasteiger partial charge on any atom is 0.125 e. The zero-order valence-electron chi connectivity index (χ0n) is 10.5. The number of aromatic nitrogens is 2. The normalized spacial score (nSPS) is 15.6. The van der Waals surface area contributed by atoms with Gasteiger partial charge in [0.1, 0.15) is 5.82 Å². The van der Waals surface area contributed by atoms with Crippen molar-refractivity contribution >= 4 is 0 Å². The predicted octanol–water partition coefficient (Wildman–Crippen LogP) is 3.68. The maximum atomic E-state index is 13.4. The highest BCUT2D eigenvalue weighted by atomic mass is 19.1. The largest absolute Gasteiger partial charge is 0.269 e. The van der Waals surface area contributed by atoms with E-state index >= 15 is 0 Å². The summed E-state index contributed by atoms with van der Waals surface area (Å²) < 4.78 is 15.4. The summed E-state index contributed by atoms with van der Waals surface area (Å²) in [6.45, 7) is 0. The van der Waals surface area contributed by atoms with E-state index < -0.39 is 0 Å². The Morgan fingerprint density at radius 1 is 1.21 bits per heavy atom. The summed E-state index contributed by atoms with van der Waals surface area (Å²) in [5, 5.41) is 13.2. The van der Waals surface area contributed by atoms with Crippen LogP contribution in [0.15, 0.2) is 30.6 Å². The van der Waals surface area contributed by atoms with Gasteiger partial charge in [0.15, 0.2) is 0 Å². The van der Waals surface area contributed by atoms with Crippen LogP contribution in [-0.2, 0) is 0 Å². The van der Waals surface area contributed by atoms with Gasteiger partial charge < -0.3 is 0 Å². The van der Waals surface area contributed by atoms with Gasteiger partial charge in [-0.2, -0.15) is 10.4 Å². The van der Waals surface area contributed by atoms with E-state index in [0.29, 0.717) is 17.2 Å². The van der Waals surface area contributed by atoms with Crippen molar-refractivity contribution in [3.8, 4) is 17.2 Å². The monoisotopic (exact) mass is 255 g/mol. The van der Waals surface area contributed by atoms with Gasteiger partial charge in [0.2, 0.25) is 0 Å². The average molecular weight is 255 g/mol. The molecule has 0 N–H and O–H groups in total. The van der Waals surface area contributed by atoms with E-state index in [1.165, 1.54) is 25.0 Å². The van der Waals surface area contributed by atoms with Crippen molar-refractivity contribution in [2.45, 2.75) is 31.7 Å². The Hall–Kier alpha value is -2.15. The van der Waals surface area contributed by atoms with E-state index in [1.54, 1.807) is 12.3 Å². The summed E-state index contributed by atoms with van der Waals surface area (Å²) in [4.78, 5) is 0. The van der Waals surface area contributed by atoms with Gasteiger partial charge >= 0.3 is 0 Å². The van der Waals surface area contributed by atoms with Gasteiger partial charge in [0.05, 0.1) is 23.9 Å². The van der Waals surface area contributed by atoms with Crippen LogP contribution in [0.5, 0.6) is 0 Å². The number of rotatable bonds is 2. The Kier molecular flexibility index (Phi) is 3.04. The molecule has 0 aliphatic heterocycles. The zero-order valence-corrected chi connectivity index (χ0v) is 10.5. The Morgan fingerprint density at radius 2 is 2.00 bits per heavy atom. The second kappa shape index (κ2) is 4.85. The van der Waals surface area contributed by atoms with Crippen molar-refractivity contribution in [2.24, 2.45) is 0 Å². The third kappa shape index (κ3) is 2.37. The molecule has 2 aromatic rings. The van der Waals surface area contributed by atoms with E-state index in [4.69, 9.17) is 5.26 Å². The fourth-order valence-electron chi connectivity index (χ4n) is 2.68. The lowest BCUT2D eigenvalue weighted by molar-refractivity contribution is 0.467. The van der Waals surface area contributed by atoms with Crippen LogP contribution in [0.1, 0.15) is 37.3 Å². The number of nitriles is 1. The molecule has 0 bridgehead atoms. The number of hydrogen-bond acceptors (Lipinski definition) is 2. The van der Waals surface area contributed by atoms with Crippen LogP contribution in [0.4, 0.5) is 4.39 Å². The molecule has 0 amide bonds. The number of halogens is 1. The Balaban J connectivity index is 1.94. The third-order valence-corrected chi connectivity index (χ3v) is 3.66. The van der Waals surface area contributed by atoms with Gasteiger partial charge in [-0.3, -0.25) is 4.68 Å². The van der Waals surface area contributed by atoms with Crippen molar-refractivity contribution in [2.75, 3.05) is 0 Å². The minimum atomic E-state index is -0.386. The van der Waals surface area contributed by atoms with Gasteiger partial charge in [-0.1, -0.05) is 12.8 Å². The van der Waals surface area contributed by atoms with Gasteiger partial charge in [-0.05, 0) is 36.6 Å². The fourth-order valence-corrected chi connectivity index (χ4v) is 2.68. The average Bonchev–Trinajstić information content (AvgIpc) is 3.08. The summed E-state index contributed by atoms with van der Waals surface area (Å²) in [7, 11) is 0.